The Labute approximate surface area is 69.7 Å². The van der Waals surface area contributed by atoms with Crippen LogP contribution in [0.4, 0.5) is 0 Å². The number of alkyl halides is 2. The van der Waals surface area contributed by atoms with Crippen molar-refractivity contribution in [2.45, 2.75) is 39.0 Å². The molecule has 0 aromatic carbocycles. The summed E-state index contributed by atoms with van der Waals surface area (Å²) in [6, 6.07) is 0. The Morgan fingerprint density at radius 3 is 2.22 bits per heavy atom. The Bertz CT molecular complexity index is 37.8. The van der Waals surface area contributed by atoms with Crippen molar-refractivity contribution in [1.29, 1.82) is 0 Å². The number of hydrogen-bond donors (Lipinski definition) is 0. The third kappa shape index (κ3) is 8.73. The summed E-state index contributed by atoms with van der Waals surface area (Å²) in [6.45, 7) is 2.27. The van der Waals surface area contributed by atoms with Gasteiger partial charge in [-0.25, -0.2) is 0 Å². The predicted octanol–water partition coefficient (Wildman–Crippen LogP) is -0.324. The molecule has 0 aliphatic carbocycles. The first-order valence-corrected chi connectivity index (χ1v) is 7.54. The Morgan fingerprint density at radius 1 is 1.00 bits per heavy atom. The maximum absolute atomic E-state index is 2.37. The summed E-state index contributed by atoms with van der Waals surface area (Å²) in [5, 5.41) is 0. The molecule has 1 heteroatoms. The molecular weight excluding hydrogens is 223 g/mol. The fourth-order valence-electron chi connectivity index (χ4n) is 0.832. The van der Waals surface area contributed by atoms with Crippen LogP contribution in [0.25, 0.3) is 0 Å². The maximum atomic E-state index is 2.37. The van der Waals surface area contributed by atoms with Gasteiger partial charge in [0.2, 0.25) is 0 Å². The fraction of sp³-hybridized carbons (Fsp3) is 1.00. The minimum absolute atomic E-state index is 0.585. The van der Waals surface area contributed by atoms with Crippen molar-refractivity contribution in [1.82, 2.24) is 0 Å². The number of rotatable bonds is 6. The molecule has 0 saturated heterocycles. The van der Waals surface area contributed by atoms with E-state index in [9.17, 15) is 0 Å². The van der Waals surface area contributed by atoms with Gasteiger partial charge in [-0.1, -0.05) is 0 Å². The normalized spacial score (nSPS) is 10.4. The third-order valence-electron chi connectivity index (χ3n) is 1.43. The van der Waals surface area contributed by atoms with Gasteiger partial charge in [0, 0.05) is 0 Å². The molecule has 0 atom stereocenters. The van der Waals surface area contributed by atoms with E-state index in [1.165, 1.54) is 32.1 Å². The van der Waals surface area contributed by atoms with Gasteiger partial charge >= 0.3 is 69.6 Å². The van der Waals surface area contributed by atoms with E-state index in [-0.39, 0.29) is 0 Å². The number of unbranched alkanes of at least 4 members (excludes halogenated alkanes) is 4. The molecule has 0 saturated carbocycles. The molecule has 0 heterocycles. The zero-order valence-electron chi connectivity index (χ0n) is 6.62. The summed E-state index contributed by atoms with van der Waals surface area (Å²) >= 11 is 0.585. The molecule has 0 spiro atoms. The molecule has 0 aliphatic rings. The zero-order chi connectivity index (χ0) is 6.95. The molecule has 0 aromatic heterocycles. The summed E-state index contributed by atoms with van der Waals surface area (Å²) in [5.41, 5.74) is 0. The van der Waals surface area contributed by atoms with E-state index in [1.54, 1.807) is 4.43 Å². The fourth-order valence-corrected chi connectivity index (χ4v) is 2.13. The topological polar surface area (TPSA) is 0 Å². The van der Waals surface area contributed by atoms with E-state index >= 15 is 0 Å². The van der Waals surface area contributed by atoms with Crippen LogP contribution in [0.3, 0.4) is 0 Å². The Kier molecular flexibility index (Phi) is 9.44. The van der Waals surface area contributed by atoms with Crippen LogP contribution < -0.4 is 21.2 Å². The van der Waals surface area contributed by atoms with Crippen molar-refractivity contribution in [2.75, 3.05) is 9.36 Å². The average molecular weight is 241 g/mol. The van der Waals surface area contributed by atoms with Crippen molar-refractivity contribution in [2.24, 2.45) is 0 Å². The van der Waals surface area contributed by atoms with Gasteiger partial charge in [0.1, 0.15) is 0 Å². The summed E-state index contributed by atoms with van der Waals surface area (Å²) in [6.07, 6.45) is 7.29. The molecule has 0 unspecified atom stereocenters. The van der Waals surface area contributed by atoms with Crippen LogP contribution in [0.5, 0.6) is 0 Å². The molecule has 9 heavy (non-hydrogen) atoms. The van der Waals surface area contributed by atoms with E-state index in [2.05, 4.69) is 11.9 Å². The minimum atomic E-state index is 0.585. The monoisotopic (exact) mass is 241 g/mol. The molecule has 0 aromatic rings. The molecule has 0 amide bonds. The van der Waals surface area contributed by atoms with E-state index in [0.717, 1.165) is 0 Å². The Balaban J connectivity index is 2.60. The molecule has 0 rings (SSSR count). The van der Waals surface area contributed by atoms with Crippen molar-refractivity contribution < 1.29 is 21.2 Å². The van der Waals surface area contributed by atoms with Gasteiger partial charge in [0.05, 0.1) is 0 Å². The summed E-state index contributed by atoms with van der Waals surface area (Å²) in [7, 11) is 0. The van der Waals surface area contributed by atoms with Gasteiger partial charge in [-0.15, -0.1) is 0 Å². The summed E-state index contributed by atoms with van der Waals surface area (Å²) < 4.78 is 1.54. The van der Waals surface area contributed by atoms with Gasteiger partial charge in [0.15, 0.2) is 0 Å². The molecule has 0 nitrogen and oxygen atoms in total. The molecular formula is C8H18I-. The first kappa shape index (κ1) is 9.73. The van der Waals surface area contributed by atoms with Crippen LogP contribution in [0, 0.1) is 0 Å². The molecule has 58 valence electrons. The summed E-state index contributed by atoms with van der Waals surface area (Å²) in [4.78, 5) is 2.37. The van der Waals surface area contributed by atoms with Crippen LogP contribution in [0.2, 0.25) is 0 Å². The van der Waals surface area contributed by atoms with Crippen LogP contribution >= 0.6 is 0 Å². The van der Waals surface area contributed by atoms with Gasteiger partial charge < -0.3 is 0 Å². The molecule has 0 bridgehead atoms. The Morgan fingerprint density at radius 2 is 1.67 bits per heavy atom. The number of hydrogen-bond acceptors (Lipinski definition) is 0. The van der Waals surface area contributed by atoms with Crippen LogP contribution in [0.15, 0.2) is 0 Å². The first-order valence-electron chi connectivity index (χ1n) is 3.85. The van der Waals surface area contributed by atoms with Crippen molar-refractivity contribution >= 4 is 0 Å². The van der Waals surface area contributed by atoms with Crippen LogP contribution in [0.1, 0.15) is 39.0 Å². The van der Waals surface area contributed by atoms with Crippen LogP contribution in [-0.2, 0) is 0 Å². The van der Waals surface area contributed by atoms with Crippen LogP contribution in [-0.4, -0.2) is 9.36 Å². The van der Waals surface area contributed by atoms with E-state index in [4.69, 9.17) is 0 Å². The second-order valence-corrected chi connectivity index (χ2v) is 4.97. The second kappa shape index (κ2) is 8.73. The third-order valence-corrected chi connectivity index (χ3v) is 3.27. The molecule has 0 N–H and O–H groups in total. The van der Waals surface area contributed by atoms with Crippen molar-refractivity contribution in [3.63, 3.8) is 0 Å². The standard InChI is InChI=1S/C8H18I/c1-3-4-5-6-7-8-9-2/h3-8H2,1-2H3/q-1. The van der Waals surface area contributed by atoms with E-state index in [0.29, 0.717) is 21.2 Å². The molecule has 0 radical (unpaired) electrons. The Hall–Kier alpha value is 0.730. The van der Waals surface area contributed by atoms with Crippen molar-refractivity contribution in [3.8, 4) is 0 Å². The quantitative estimate of drug-likeness (QED) is 0.339. The number of halogens is 1. The van der Waals surface area contributed by atoms with Crippen molar-refractivity contribution in [3.05, 3.63) is 0 Å². The van der Waals surface area contributed by atoms with Gasteiger partial charge in [0.25, 0.3) is 0 Å². The van der Waals surface area contributed by atoms with E-state index < -0.39 is 0 Å². The summed E-state index contributed by atoms with van der Waals surface area (Å²) in [5.74, 6) is 0. The molecule has 0 fully saturated rings. The van der Waals surface area contributed by atoms with Gasteiger partial charge in [-0.05, 0) is 0 Å². The van der Waals surface area contributed by atoms with Gasteiger partial charge in [-0.2, -0.15) is 0 Å². The average Bonchev–Trinajstić information content (AvgIpc) is 1.89. The second-order valence-electron chi connectivity index (χ2n) is 2.37. The first-order chi connectivity index (χ1) is 4.41. The van der Waals surface area contributed by atoms with Gasteiger partial charge in [-0.3, -0.25) is 0 Å². The van der Waals surface area contributed by atoms with E-state index in [1.807, 2.05) is 0 Å². The molecule has 0 aliphatic heterocycles. The zero-order valence-corrected chi connectivity index (χ0v) is 8.78. The SMILES string of the molecule is CCCCCCC[I-]C. The predicted molar refractivity (Wildman–Crippen MR) is 39.6 cm³/mol.